The van der Waals surface area contributed by atoms with Gasteiger partial charge in [0.25, 0.3) is 0 Å². The van der Waals surface area contributed by atoms with Gasteiger partial charge in [-0.3, -0.25) is 4.79 Å². The summed E-state index contributed by atoms with van der Waals surface area (Å²) in [5.41, 5.74) is 1.97. The molecule has 1 N–H and O–H groups in total. The minimum atomic E-state index is -3.64. The third-order valence-electron chi connectivity index (χ3n) is 5.45. The summed E-state index contributed by atoms with van der Waals surface area (Å²) in [7, 11) is -3.64. The average molecular weight is 470 g/mol. The molecule has 2 aromatic carbocycles. The zero-order valence-electron chi connectivity index (χ0n) is 18.1. The molecule has 1 aromatic heterocycles. The minimum absolute atomic E-state index is 0.129. The van der Waals surface area contributed by atoms with Crippen molar-refractivity contribution in [2.24, 2.45) is 0 Å². The van der Waals surface area contributed by atoms with Crippen molar-refractivity contribution in [1.82, 2.24) is 14.5 Å². The van der Waals surface area contributed by atoms with Gasteiger partial charge in [-0.05, 0) is 60.7 Å². The van der Waals surface area contributed by atoms with Gasteiger partial charge in [-0.1, -0.05) is 6.92 Å². The number of hydrogen-bond acceptors (Lipinski definition) is 6. The Hall–Kier alpha value is -3.37. The number of rotatable bonds is 6. The Balaban J connectivity index is 1.38. The van der Waals surface area contributed by atoms with Crippen LogP contribution in [-0.2, 0) is 14.8 Å². The predicted molar refractivity (Wildman–Crippen MR) is 124 cm³/mol. The Morgan fingerprint density at radius 1 is 0.939 bits per heavy atom. The zero-order chi connectivity index (χ0) is 23.4. The van der Waals surface area contributed by atoms with Gasteiger partial charge in [-0.15, -0.1) is 10.2 Å². The van der Waals surface area contributed by atoms with Crippen LogP contribution < -0.4 is 10.2 Å². The van der Waals surface area contributed by atoms with Crippen LogP contribution in [-0.4, -0.2) is 55.0 Å². The van der Waals surface area contributed by atoms with Crippen LogP contribution in [0.4, 0.5) is 15.9 Å². The molecule has 0 saturated carbocycles. The van der Waals surface area contributed by atoms with Crippen LogP contribution in [0.1, 0.15) is 13.3 Å². The molecular formula is C23H24FN5O3S. The highest BCUT2D eigenvalue weighted by Gasteiger charge is 2.29. The maximum atomic E-state index is 13.1. The number of halogens is 1. The lowest BCUT2D eigenvalue weighted by molar-refractivity contribution is -0.115. The Labute approximate surface area is 192 Å². The van der Waals surface area contributed by atoms with Gasteiger partial charge < -0.3 is 10.2 Å². The molecule has 172 valence electrons. The van der Waals surface area contributed by atoms with Crippen LogP contribution >= 0.6 is 0 Å². The zero-order valence-corrected chi connectivity index (χ0v) is 18.9. The first kappa shape index (κ1) is 22.8. The van der Waals surface area contributed by atoms with Crippen molar-refractivity contribution in [1.29, 1.82) is 0 Å². The molecule has 8 nitrogen and oxygen atoms in total. The van der Waals surface area contributed by atoms with Crippen molar-refractivity contribution in [2.45, 2.75) is 18.2 Å². The fourth-order valence-corrected chi connectivity index (χ4v) is 4.96. The van der Waals surface area contributed by atoms with Crippen LogP contribution in [0.3, 0.4) is 0 Å². The summed E-state index contributed by atoms with van der Waals surface area (Å²) in [4.78, 5) is 13.7. The van der Waals surface area contributed by atoms with Crippen molar-refractivity contribution in [3.8, 4) is 11.3 Å². The van der Waals surface area contributed by atoms with E-state index in [9.17, 15) is 17.6 Å². The lowest BCUT2D eigenvalue weighted by atomic mass is 10.1. The van der Waals surface area contributed by atoms with Gasteiger partial charge in [0.1, 0.15) is 5.82 Å². The Kier molecular flexibility index (Phi) is 6.66. The number of sulfonamides is 1. The highest BCUT2D eigenvalue weighted by Crippen LogP contribution is 2.23. The summed E-state index contributed by atoms with van der Waals surface area (Å²) < 4.78 is 40.6. The van der Waals surface area contributed by atoms with Crippen LogP contribution in [0.5, 0.6) is 0 Å². The van der Waals surface area contributed by atoms with Gasteiger partial charge >= 0.3 is 0 Å². The average Bonchev–Trinajstić information content (AvgIpc) is 2.85. The van der Waals surface area contributed by atoms with Crippen molar-refractivity contribution in [3.63, 3.8) is 0 Å². The number of benzene rings is 2. The van der Waals surface area contributed by atoms with Gasteiger partial charge in [0, 0.05) is 43.9 Å². The lowest BCUT2D eigenvalue weighted by Gasteiger charge is -2.34. The van der Waals surface area contributed by atoms with Crippen LogP contribution in [0.25, 0.3) is 11.3 Å². The summed E-state index contributed by atoms with van der Waals surface area (Å²) in [6.07, 6.45) is 0.351. The molecule has 0 aliphatic carbocycles. The van der Waals surface area contributed by atoms with Gasteiger partial charge in [0.05, 0.1) is 10.6 Å². The number of piperazine rings is 1. The largest absolute Gasteiger partial charge is 0.352 e. The minimum Gasteiger partial charge on any atom is -0.352 e. The standard InChI is InChI=1S/C23H24FN5O3S/c1-2-23(30)25-19-7-9-20(10-8-19)33(31,32)29-15-13-28(14-16-29)22-12-11-21(26-27-22)17-3-5-18(24)6-4-17/h3-12H,2,13-16H2,1H3,(H,25,30). The number of aromatic nitrogens is 2. The van der Waals surface area contributed by atoms with Gasteiger partial charge in [-0.2, -0.15) is 4.31 Å². The summed E-state index contributed by atoms with van der Waals surface area (Å²) in [6.45, 7) is 3.35. The predicted octanol–water partition coefficient (Wildman–Crippen LogP) is 3.14. The van der Waals surface area contributed by atoms with E-state index in [1.54, 1.807) is 31.2 Å². The molecule has 3 aromatic rings. The molecular weight excluding hydrogens is 445 g/mol. The van der Waals surface area contributed by atoms with E-state index in [2.05, 4.69) is 15.5 Å². The molecule has 0 radical (unpaired) electrons. The maximum absolute atomic E-state index is 13.1. The fourth-order valence-electron chi connectivity index (χ4n) is 3.53. The number of anilines is 2. The third kappa shape index (κ3) is 5.18. The van der Waals surface area contributed by atoms with E-state index in [1.165, 1.54) is 28.6 Å². The fraction of sp³-hybridized carbons (Fsp3) is 0.261. The van der Waals surface area contributed by atoms with E-state index < -0.39 is 10.0 Å². The number of hydrogen-bond donors (Lipinski definition) is 1. The number of nitrogens with one attached hydrogen (secondary N) is 1. The second-order valence-electron chi connectivity index (χ2n) is 7.60. The van der Waals surface area contributed by atoms with Gasteiger partial charge in [0.2, 0.25) is 15.9 Å². The summed E-state index contributed by atoms with van der Waals surface area (Å²) in [5, 5.41) is 11.2. The van der Waals surface area contributed by atoms with Crippen molar-refractivity contribution >= 4 is 27.4 Å². The molecule has 0 atom stereocenters. The molecule has 0 unspecified atom stereocenters. The molecule has 0 spiro atoms. The second-order valence-corrected chi connectivity index (χ2v) is 9.54. The highest BCUT2D eigenvalue weighted by molar-refractivity contribution is 7.89. The smallest absolute Gasteiger partial charge is 0.243 e. The molecule has 1 aliphatic heterocycles. The molecule has 1 saturated heterocycles. The number of nitrogens with zero attached hydrogens (tertiary/aromatic N) is 4. The Morgan fingerprint density at radius 2 is 1.61 bits per heavy atom. The van der Waals surface area contributed by atoms with Gasteiger partial charge in [-0.25, -0.2) is 12.8 Å². The van der Waals surface area contributed by atoms with E-state index in [0.29, 0.717) is 49.8 Å². The van der Waals surface area contributed by atoms with Crippen LogP contribution in [0.2, 0.25) is 0 Å². The molecule has 1 fully saturated rings. The highest BCUT2D eigenvalue weighted by atomic mass is 32.2. The van der Waals surface area contributed by atoms with Crippen molar-refractivity contribution in [2.75, 3.05) is 36.4 Å². The Morgan fingerprint density at radius 3 is 2.18 bits per heavy atom. The molecule has 4 rings (SSSR count). The van der Waals surface area contributed by atoms with Crippen LogP contribution in [0, 0.1) is 5.82 Å². The third-order valence-corrected chi connectivity index (χ3v) is 7.36. The second kappa shape index (κ2) is 9.63. The summed E-state index contributed by atoms with van der Waals surface area (Å²) >= 11 is 0. The first-order valence-corrected chi connectivity index (χ1v) is 12.1. The normalized spacial score (nSPS) is 14.8. The number of amides is 1. The molecule has 1 aliphatic rings. The first-order chi connectivity index (χ1) is 15.9. The molecule has 1 amide bonds. The molecule has 2 heterocycles. The van der Waals surface area contributed by atoms with E-state index >= 15 is 0 Å². The van der Waals surface area contributed by atoms with Crippen LogP contribution in [0.15, 0.2) is 65.6 Å². The van der Waals surface area contributed by atoms with Crippen molar-refractivity contribution < 1.29 is 17.6 Å². The monoisotopic (exact) mass is 469 g/mol. The molecule has 33 heavy (non-hydrogen) atoms. The van der Waals surface area contributed by atoms with E-state index in [4.69, 9.17) is 0 Å². The van der Waals surface area contributed by atoms with E-state index in [-0.39, 0.29) is 16.6 Å². The molecule has 0 bridgehead atoms. The SMILES string of the molecule is CCC(=O)Nc1ccc(S(=O)(=O)N2CCN(c3ccc(-c4ccc(F)cc4)nn3)CC2)cc1. The first-order valence-electron chi connectivity index (χ1n) is 10.6. The number of carbonyl (C=O) groups excluding carboxylic acids is 1. The van der Waals surface area contributed by atoms with E-state index in [0.717, 1.165) is 5.56 Å². The van der Waals surface area contributed by atoms with E-state index in [1.807, 2.05) is 17.0 Å². The summed E-state index contributed by atoms with van der Waals surface area (Å²) in [6, 6.07) is 15.9. The maximum Gasteiger partial charge on any atom is 0.243 e. The molecule has 10 heteroatoms. The lowest BCUT2D eigenvalue weighted by Crippen LogP contribution is -2.49. The number of carbonyl (C=O) groups is 1. The van der Waals surface area contributed by atoms with Gasteiger partial charge in [0.15, 0.2) is 5.82 Å². The van der Waals surface area contributed by atoms with Crippen molar-refractivity contribution in [3.05, 3.63) is 66.5 Å². The Bertz CT molecular complexity index is 1210. The quantitative estimate of drug-likeness (QED) is 0.596. The topological polar surface area (TPSA) is 95.5 Å². The summed E-state index contributed by atoms with van der Waals surface area (Å²) in [5.74, 6) is 0.222.